The Morgan fingerprint density at radius 2 is 1.09 bits per heavy atom. The van der Waals surface area contributed by atoms with Crippen LogP contribution in [0.25, 0.3) is 11.1 Å². The smallest absolute Gasteiger partial charge is 0.407 e. The molecular formula is C58H69ClN2O7. The molecule has 0 saturated carbocycles. The Balaban J connectivity index is 1.06. The molecule has 360 valence electrons. The molecule has 2 N–H and O–H groups in total. The van der Waals surface area contributed by atoms with Crippen molar-refractivity contribution in [1.29, 1.82) is 0 Å². The lowest BCUT2D eigenvalue weighted by molar-refractivity contribution is -0.157. The van der Waals surface area contributed by atoms with Crippen LogP contribution in [0.2, 0.25) is 5.02 Å². The van der Waals surface area contributed by atoms with E-state index < -0.39 is 29.3 Å². The number of fused-ring (bicyclic) bond motifs is 3. The first kappa shape index (κ1) is 51.5. The average molecular weight is 942 g/mol. The summed E-state index contributed by atoms with van der Waals surface area (Å²) in [5.74, 6) is -1.32. The molecule has 0 saturated heterocycles. The number of rotatable bonds is 25. The first-order valence-electron chi connectivity index (χ1n) is 24.6. The number of hydrogen-bond donors (Lipinski definition) is 2. The van der Waals surface area contributed by atoms with Crippen molar-refractivity contribution in [1.82, 2.24) is 10.6 Å². The Morgan fingerprint density at radius 3 is 1.66 bits per heavy atom. The second kappa shape index (κ2) is 25.4. The summed E-state index contributed by atoms with van der Waals surface area (Å²) in [6.07, 6.45) is 12.6. The van der Waals surface area contributed by atoms with Gasteiger partial charge in [-0.25, -0.2) is 9.59 Å². The predicted molar refractivity (Wildman–Crippen MR) is 271 cm³/mol. The Bertz CT molecular complexity index is 2370. The summed E-state index contributed by atoms with van der Waals surface area (Å²) in [6, 6.07) is 39.4. The Hall–Kier alpha value is -5.93. The molecule has 0 radical (unpaired) electrons. The van der Waals surface area contributed by atoms with Gasteiger partial charge in [0.2, 0.25) is 5.91 Å². The van der Waals surface area contributed by atoms with Crippen LogP contribution in [0.15, 0.2) is 127 Å². The van der Waals surface area contributed by atoms with Crippen molar-refractivity contribution in [3.8, 4) is 11.1 Å². The third-order valence-electron chi connectivity index (χ3n) is 12.5. The largest absolute Gasteiger partial charge is 0.460 e. The van der Waals surface area contributed by atoms with Crippen LogP contribution in [0.5, 0.6) is 0 Å². The predicted octanol–water partition coefficient (Wildman–Crippen LogP) is 13.3. The van der Waals surface area contributed by atoms with Gasteiger partial charge in [0.05, 0.1) is 6.54 Å². The second-order valence-electron chi connectivity index (χ2n) is 19.0. The highest BCUT2D eigenvalue weighted by molar-refractivity contribution is 6.31. The second-order valence-corrected chi connectivity index (χ2v) is 19.4. The molecule has 0 bridgehead atoms. The van der Waals surface area contributed by atoms with E-state index in [1.54, 1.807) is 6.07 Å². The van der Waals surface area contributed by atoms with E-state index in [1.807, 2.05) is 125 Å². The fourth-order valence-corrected chi connectivity index (χ4v) is 9.36. The zero-order chi connectivity index (χ0) is 48.4. The van der Waals surface area contributed by atoms with E-state index in [4.69, 9.17) is 25.8 Å². The van der Waals surface area contributed by atoms with Gasteiger partial charge in [0.1, 0.15) is 18.2 Å². The number of aryl methyl sites for hydroxylation is 1. The van der Waals surface area contributed by atoms with E-state index in [9.17, 15) is 19.2 Å². The summed E-state index contributed by atoms with van der Waals surface area (Å²) in [6.45, 7) is 7.50. The molecule has 6 rings (SSSR count). The molecule has 1 aliphatic rings. The van der Waals surface area contributed by atoms with Gasteiger partial charge >= 0.3 is 18.0 Å². The van der Waals surface area contributed by atoms with Gasteiger partial charge in [-0.3, -0.25) is 9.59 Å². The zero-order valence-corrected chi connectivity index (χ0v) is 41.1. The highest BCUT2D eigenvalue weighted by Gasteiger charge is 2.44. The number of alkyl carbamates (subject to hydrolysis) is 1. The number of hydrogen-bond acceptors (Lipinski definition) is 7. The van der Waals surface area contributed by atoms with Crippen molar-refractivity contribution in [3.63, 3.8) is 0 Å². The molecule has 0 fully saturated rings. The van der Waals surface area contributed by atoms with E-state index in [0.29, 0.717) is 34.6 Å². The Morgan fingerprint density at radius 1 is 0.588 bits per heavy atom. The van der Waals surface area contributed by atoms with Crippen molar-refractivity contribution in [3.05, 3.63) is 166 Å². The van der Waals surface area contributed by atoms with Gasteiger partial charge < -0.3 is 24.8 Å². The zero-order valence-electron chi connectivity index (χ0n) is 40.3. The number of carbonyl (C=O) groups excluding carboxylic acids is 4. The molecule has 1 unspecified atom stereocenters. The molecule has 10 heteroatoms. The van der Waals surface area contributed by atoms with Crippen LogP contribution in [-0.4, -0.2) is 48.7 Å². The van der Waals surface area contributed by atoms with Crippen molar-refractivity contribution in [2.24, 2.45) is 0 Å². The lowest BCUT2D eigenvalue weighted by Gasteiger charge is -2.37. The molecule has 9 nitrogen and oxygen atoms in total. The van der Waals surface area contributed by atoms with Crippen molar-refractivity contribution >= 4 is 35.5 Å². The molecule has 0 aromatic heterocycles. The number of ether oxygens (including phenoxy) is 3. The fourth-order valence-electron chi connectivity index (χ4n) is 9.09. The van der Waals surface area contributed by atoms with Gasteiger partial charge in [-0.15, -0.1) is 0 Å². The molecule has 0 aliphatic heterocycles. The highest BCUT2D eigenvalue weighted by Crippen LogP contribution is 2.45. The number of unbranched alkanes of at least 4 members (excludes halogenated alkanes) is 11. The van der Waals surface area contributed by atoms with Crippen molar-refractivity contribution in [2.75, 3.05) is 13.2 Å². The van der Waals surface area contributed by atoms with Gasteiger partial charge in [0.15, 0.2) is 5.60 Å². The van der Waals surface area contributed by atoms with Crippen molar-refractivity contribution < 1.29 is 33.4 Å². The Labute approximate surface area is 408 Å². The van der Waals surface area contributed by atoms with E-state index in [1.165, 1.54) is 25.7 Å². The topological polar surface area (TPSA) is 120 Å². The van der Waals surface area contributed by atoms with Crippen LogP contribution in [0, 0.1) is 6.92 Å². The van der Waals surface area contributed by atoms with Crippen LogP contribution in [0.4, 0.5) is 4.79 Å². The van der Waals surface area contributed by atoms with Gasteiger partial charge in [-0.05, 0) is 68.9 Å². The molecule has 5 aromatic rings. The van der Waals surface area contributed by atoms with Crippen molar-refractivity contribution in [2.45, 2.75) is 141 Å². The van der Waals surface area contributed by atoms with Crippen LogP contribution in [0.1, 0.15) is 150 Å². The first-order valence-corrected chi connectivity index (χ1v) is 24.9. The third-order valence-corrected chi connectivity index (χ3v) is 12.8. The quantitative estimate of drug-likeness (QED) is 0.0259. The molecule has 0 spiro atoms. The van der Waals surface area contributed by atoms with Gasteiger partial charge in [0.25, 0.3) is 0 Å². The number of esters is 2. The minimum Gasteiger partial charge on any atom is -0.460 e. The molecule has 1 aliphatic carbocycles. The van der Waals surface area contributed by atoms with E-state index in [0.717, 1.165) is 72.8 Å². The molecule has 5 aromatic carbocycles. The summed E-state index contributed by atoms with van der Waals surface area (Å²) >= 11 is 6.96. The molecule has 2 amide bonds. The summed E-state index contributed by atoms with van der Waals surface area (Å²) < 4.78 is 18.0. The monoisotopic (exact) mass is 940 g/mol. The number of carbonyl (C=O) groups is 4. The minimum absolute atomic E-state index is 0.0943. The van der Waals surface area contributed by atoms with Crippen LogP contribution >= 0.6 is 11.6 Å². The van der Waals surface area contributed by atoms with Crippen LogP contribution in [-0.2, 0) is 34.2 Å². The van der Waals surface area contributed by atoms with Gasteiger partial charge in [0, 0.05) is 40.5 Å². The van der Waals surface area contributed by atoms with Crippen LogP contribution < -0.4 is 10.6 Å². The number of halogens is 1. The third kappa shape index (κ3) is 14.5. The van der Waals surface area contributed by atoms with Gasteiger partial charge in [-0.1, -0.05) is 203 Å². The average Bonchev–Trinajstić information content (AvgIpc) is 3.65. The molecular weight excluding hydrogens is 872 g/mol. The van der Waals surface area contributed by atoms with E-state index in [-0.39, 0.29) is 37.4 Å². The summed E-state index contributed by atoms with van der Waals surface area (Å²) in [4.78, 5) is 53.9. The molecule has 2 atom stereocenters. The fraction of sp³-hybridized carbons (Fsp3) is 0.414. The highest BCUT2D eigenvalue weighted by atomic mass is 35.5. The standard InChI is InChI=1S/C58H69ClN2O7/c1-42-36-38-44(39-37-42)58(43-26-16-15-17-27-43,50-32-24-25-33-51(50)59)68-55(64)52(40-60-56(65)66-41-49-47-30-22-20-28-45(47)46-29-21-23-31-48(46)49)61-53(62)34-18-13-11-9-7-5-6-8-10-12-14-19-35-54(63)67-57(2,3)4/h15-17,20-33,36-39,49,52H,5-14,18-19,34-35,40-41H2,1-4H3,(H,60,65)(H,61,62)/t52-,58?/m0/s1. The maximum absolute atomic E-state index is 14.8. The summed E-state index contributed by atoms with van der Waals surface area (Å²) in [5, 5.41) is 6.08. The summed E-state index contributed by atoms with van der Waals surface area (Å²) in [7, 11) is 0. The SMILES string of the molecule is Cc1ccc(C(OC(=O)[C@H](CNC(=O)OCC2c3ccccc3-c3ccccc32)NC(=O)CCCCCCCCCCCCCCC(=O)OC(C)(C)C)(c2ccccc2)c2ccccc2Cl)cc1. The lowest BCUT2D eigenvalue weighted by Crippen LogP contribution is -2.51. The lowest BCUT2D eigenvalue weighted by atomic mass is 9.79. The maximum atomic E-state index is 14.8. The molecule has 0 heterocycles. The molecule has 68 heavy (non-hydrogen) atoms. The number of amides is 2. The number of benzene rings is 5. The minimum atomic E-state index is -1.51. The van der Waals surface area contributed by atoms with Crippen LogP contribution in [0.3, 0.4) is 0 Å². The van der Waals surface area contributed by atoms with E-state index >= 15 is 0 Å². The number of nitrogens with one attached hydrogen (secondary N) is 2. The maximum Gasteiger partial charge on any atom is 0.407 e. The first-order chi connectivity index (χ1) is 32.9. The Kier molecular flexibility index (Phi) is 19.3. The van der Waals surface area contributed by atoms with Gasteiger partial charge in [-0.2, -0.15) is 0 Å². The van der Waals surface area contributed by atoms with E-state index in [2.05, 4.69) is 34.9 Å². The normalized spacial score (nSPS) is 13.4. The summed E-state index contributed by atoms with van der Waals surface area (Å²) in [5.41, 5.74) is 5.35.